The Kier molecular flexibility index (Phi) is 6.07. The summed E-state index contributed by atoms with van der Waals surface area (Å²) in [7, 11) is 0. The molecule has 1 N–H and O–H groups in total. The maximum atomic E-state index is 11.7. The van der Waals surface area contributed by atoms with Crippen molar-refractivity contribution in [1.29, 1.82) is 0 Å². The van der Waals surface area contributed by atoms with Gasteiger partial charge >= 0.3 is 0 Å². The normalized spacial score (nSPS) is 42.9. The van der Waals surface area contributed by atoms with E-state index in [1.165, 1.54) is 6.42 Å². The predicted molar refractivity (Wildman–Crippen MR) is 127 cm³/mol. The zero-order valence-corrected chi connectivity index (χ0v) is 20.3. The van der Waals surface area contributed by atoms with E-state index in [0.717, 1.165) is 77.4 Å². The topological polar surface area (TPSA) is 87.5 Å². The van der Waals surface area contributed by atoms with Crippen LogP contribution in [0.2, 0.25) is 0 Å². The molecule has 6 atom stereocenters. The molecule has 1 saturated heterocycles. The number of unbranched alkanes of at least 4 members (excludes halogenated alkanes) is 2. The van der Waals surface area contributed by atoms with Gasteiger partial charge in [0.1, 0.15) is 5.60 Å². The Bertz CT molecular complexity index is 909. The Morgan fingerprint density at radius 2 is 1.91 bits per heavy atom. The van der Waals surface area contributed by atoms with E-state index < -0.39 is 5.60 Å². The van der Waals surface area contributed by atoms with Crippen LogP contribution >= 0.6 is 0 Å². The predicted octanol–water partition coefficient (Wildman–Crippen LogP) is 5.91. The van der Waals surface area contributed by atoms with Gasteiger partial charge in [-0.25, -0.2) is 0 Å². The second-order valence-corrected chi connectivity index (χ2v) is 11.6. The lowest BCUT2D eigenvalue weighted by molar-refractivity contribution is -0.186. The van der Waals surface area contributed by atoms with Crippen molar-refractivity contribution in [2.24, 2.45) is 33.7 Å². The third-order valence-corrected chi connectivity index (χ3v) is 10.2. The standard InChI is InChI=1S/C27H39N3O3/c1-24-14-15-27(32-17-18-33-27)19-20(24)7-8-21-22(24)9-12-25(2)23(21)10-13-26(25,31)11-5-3-4-6-16-29-30-28/h7,21-23,31H,3-4,6,8-10,12-19H2,1-2H3/t21-,22+,23+,24+,25+,26+/m1/s1. The minimum atomic E-state index is -0.875. The number of azide groups is 1. The first-order valence-corrected chi connectivity index (χ1v) is 13.1. The number of hydrogen-bond donors (Lipinski definition) is 1. The van der Waals surface area contributed by atoms with Crippen LogP contribution < -0.4 is 0 Å². The van der Waals surface area contributed by atoms with Gasteiger partial charge in [-0.15, -0.1) is 5.92 Å². The van der Waals surface area contributed by atoms with Gasteiger partial charge in [0, 0.05) is 36.1 Å². The first-order valence-electron chi connectivity index (χ1n) is 13.1. The van der Waals surface area contributed by atoms with Crippen LogP contribution in [0.25, 0.3) is 10.4 Å². The van der Waals surface area contributed by atoms with E-state index in [4.69, 9.17) is 15.0 Å². The molecule has 6 heteroatoms. The van der Waals surface area contributed by atoms with E-state index in [1.54, 1.807) is 5.57 Å². The summed E-state index contributed by atoms with van der Waals surface area (Å²) < 4.78 is 12.1. The quantitative estimate of drug-likeness (QED) is 0.143. The van der Waals surface area contributed by atoms with Crippen LogP contribution in [0.1, 0.15) is 84.5 Å². The molecular weight excluding hydrogens is 414 g/mol. The van der Waals surface area contributed by atoms with Crippen LogP contribution in [-0.4, -0.2) is 36.3 Å². The lowest BCUT2D eigenvalue weighted by Gasteiger charge is -2.59. The molecule has 0 bridgehead atoms. The van der Waals surface area contributed by atoms with E-state index in [-0.39, 0.29) is 16.6 Å². The number of hydrogen-bond acceptors (Lipinski definition) is 4. The molecule has 6 nitrogen and oxygen atoms in total. The highest BCUT2D eigenvalue weighted by atomic mass is 16.7. The molecule has 0 radical (unpaired) electrons. The molecule has 3 saturated carbocycles. The molecule has 33 heavy (non-hydrogen) atoms. The fourth-order valence-corrected chi connectivity index (χ4v) is 8.22. The maximum absolute atomic E-state index is 11.7. The second kappa shape index (κ2) is 8.61. The van der Waals surface area contributed by atoms with Crippen LogP contribution in [0.15, 0.2) is 16.8 Å². The molecule has 4 aliphatic carbocycles. The van der Waals surface area contributed by atoms with Crippen LogP contribution in [0.5, 0.6) is 0 Å². The molecular formula is C27H39N3O3. The van der Waals surface area contributed by atoms with E-state index in [0.29, 0.717) is 24.3 Å². The number of rotatable bonds is 4. The van der Waals surface area contributed by atoms with Crippen molar-refractivity contribution in [2.45, 2.75) is 95.9 Å². The maximum Gasteiger partial charge on any atom is 0.172 e. The highest BCUT2D eigenvalue weighted by Crippen LogP contribution is 2.67. The zero-order chi connectivity index (χ0) is 23.2. The third-order valence-electron chi connectivity index (χ3n) is 10.2. The van der Waals surface area contributed by atoms with Gasteiger partial charge in [-0.05, 0) is 80.1 Å². The van der Waals surface area contributed by atoms with Crippen LogP contribution in [0.3, 0.4) is 0 Å². The van der Waals surface area contributed by atoms with Crippen LogP contribution in [0, 0.1) is 40.4 Å². The largest absolute Gasteiger partial charge is 0.377 e. The van der Waals surface area contributed by atoms with E-state index >= 15 is 0 Å². The SMILES string of the molecule is C[C@]12CCC3(CC1=CC[C@@H]1[C@@H]2CC[C@@]2(C)[C@H]1CC[C@@]2(O)C#CCCCCN=[N+]=[N-])OCCO3. The van der Waals surface area contributed by atoms with Gasteiger partial charge < -0.3 is 14.6 Å². The molecule has 4 fully saturated rings. The third kappa shape index (κ3) is 3.73. The molecule has 5 aliphatic rings. The Morgan fingerprint density at radius 3 is 2.70 bits per heavy atom. The summed E-state index contributed by atoms with van der Waals surface area (Å²) in [6, 6.07) is 0. The molecule has 0 aromatic heterocycles. The first kappa shape index (κ1) is 23.2. The van der Waals surface area contributed by atoms with Crippen molar-refractivity contribution in [2.75, 3.05) is 19.8 Å². The van der Waals surface area contributed by atoms with Gasteiger partial charge in [-0.2, -0.15) is 0 Å². The van der Waals surface area contributed by atoms with Crippen molar-refractivity contribution in [1.82, 2.24) is 0 Å². The molecule has 1 aliphatic heterocycles. The summed E-state index contributed by atoms with van der Waals surface area (Å²) >= 11 is 0. The molecule has 0 amide bonds. The van der Waals surface area contributed by atoms with Crippen molar-refractivity contribution in [3.05, 3.63) is 22.1 Å². The average Bonchev–Trinajstić information content (AvgIpc) is 3.36. The minimum Gasteiger partial charge on any atom is -0.377 e. The number of aliphatic hydroxyl groups is 1. The molecule has 0 aromatic carbocycles. The van der Waals surface area contributed by atoms with E-state index in [9.17, 15) is 5.11 Å². The highest BCUT2D eigenvalue weighted by Gasteiger charge is 2.64. The highest BCUT2D eigenvalue weighted by molar-refractivity contribution is 5.30. The van der Waals surface area contributed by atoms with E-state index in [2.05, 4.69) is 41.8 Å². The lowest BCUT2D eigenvalue weighted by Crippen LogP contribution is -2.55. The van der Waals surface area contributed by atoms with Gasteiger partial charge in [0.25, 0.3) is 0 Å². The average molecular weight is 454 g/mol. The summed E-state index contributed by atoms with van der Waals surface area (Å²) in [6.45, 7) is 6.79. The van der Waals surface area contributed by atoms with Gasteiger partial charge in [-0.1, -0.05) is 36.5 Å². The Morgan fingerprint density at radius 1 is 1.12 bits per heavy atom. The summed E-state index contributed by atoms with van der Waals surface area (Å²) in [5.41, 5.74) is 9.18. The summed E-state index contributed by atoms with van der Waals surface area (Å²) in [6.07, 6.45) is 13.3. The zero-order valence-electron chi connectivity index (χ0n) is 20.3. The minimum absolute atomic E-state index is 0.123. The fraction of sp³-hybridized carbons (Fsp3) is 0.852. The number of allylic oxidation sites excluding steroid dienone is 1. The van der Waals surface area contributed by atoms with Gasteiger partial charge in [0.2, 0.25) is 0 Å². The number of nitrogens with zero attached hydrogens (tertiary/aromatic N) is 3. The van der Waals surface area contributed by atoms with E-state index in [1.807, 2.05) is 0 Å². The van der Waals surface area contributed by atoms with Gasteiger partial charge in [-0.3, -0.25) is 0 Å². The summed E-state index contributed by atoms with van der Waals surface area (Å²) in [5, 5.41) is 15.3. The Labute approximate surface area is 198 Å². The van der Waals surface area contributed by atoms with Crippen molar-refractivity contribution >= 4 is 0 Å². The van der Waals surface area contributed by atoms with Gasteiger partial charge in [0.05, 0.1) is 13.2 Å². The Hall–Kier alpha value is -1.51. The summed E-state index contributed by atoms with van der Waals surface area (Å²) in [4.78, 5) is 2.80. The van der Waals surface area contributed by atoms with Crippen molar-refractivity contribution in [3.63, 3.8) is 0 Å². The van der Waals surface area contributed by atoms with Crippen molar-refractivity contribution < 1.29 is 14.6 Å². The first-order chi connectivity index (χ1) is 15.9. The van der Waals surface area contributed by atoms with Gasteiger partial charge in [0.15, 0.2) is 5.79 Å². The molecule has 5 rings (SSSR count). The number of ether oxygens (including phenoxy) is 2. The Balaban J connectivity index is 1.30. The monoisotopic (exact) mass is 453 g/mol. The number of fused-ring (bicyclic) bond motifs is 5. The molecule has 0 unspecified atom stereocenters. The molecule has 1 spiro atoms. The molecule has 0 aromatic rings. The second-order valence-electron chi connectivity index (χ2n) is 11.6. The molecule has 1 heterocycles. The van der Waals surface area contributed by atoms with Crippen LogP contribution in [-0.2, 0) is 9.47 Å². The summed E-state index contributed by atoms with van der Waals surface area (Å²) in [5.74, 6) is 8.12. The molecule has 180 valence electrons. The lowest BCUT2D eigenvalue weighted by atomic mass is 9.47. The smallest absolute Gasteiger partial charge is 0.172 e. The van der Waals surface area contributed by atoms with Crippen molar-refractivity contribution in [3.8, 4) is 11.8 Å². The van der Waals surface area contributed by atoms with Crippen LogP contribution in [0.4, 0.5) is 0 Å². The fourth-order valence-electron chi connectivity index (χ4n) is 8.22.